The van der Waals surface area contributed by atoms with Crippen molar-refractivity contribution in [1.29, 1.82) is 0 Å². The van der Waals surface area contributed by atoms with E-state index >= 15 is 0 Å². The van der Waals surface area contributed by atoms with Crippen molar-refractivity contribution in [2.45, 2.75) is 12.5 Å². The Morgan fingerprint density at radius 3 is 2.50 bits per heavy atom. The van der Waals surface area contributed by atoms with Gasteiger partial charge in [0.15, 0.2) is 0 Å². The lowest BCUT2D eigenvalue weighted by atomic mass is 10.2. The lowest BCUT2D eigenvalue weighted by molar-refractivity contribution is 0.222. The zero-order valence-corrected chi connectivity index (χ0v) is 14.3. The Hall–Kier alpha value is -1.76. The first-order chi connectivity index (χ1) is 10.7. The molecule has 2 aromatic rings. The van der Waals surface area contributed by atoms with Crippen molar-refractivity contribution >= 4 is 40.0 Å². The molecule has 0 radical (unpaired) electrons. The van der Waals surface area contributed by atoms with Crippen LogP contribution in [0.3, 0.4) is 0 Å². The van der Waals surface area contributed by atoms with E-state index in [-0.39, 0.29) is 6.03 Å². The largest absolute Gasteiger partial charge is 0.380 e. The van der Waals surface area contributed by atoms with Crippen molar-refractivity contribution in [2.75, 3.05) is 23.7 Å². The Bertz CT molecular complexity index is 630. The number of carbonyl (C=O) groups excluding carboxylic acids is 1. The number of amides is 2. The molecule has 5 heteroatoms. The number of hydrogen-bond acceptors (Lipinski definition) is 2. The standard InChI is InChI=1S/C17H18IN3O/c18-13-6-8-15(9-7-13)20-17(22)21-11-10-16(12-21)19-14-4-2-1-3-5-14/h1-9,16,19H,10-12H2,(H,20,22). The highest BCUT2D eigenvalue weighted by atomic mass is 127. The Balaban J connectivity index is 1.53. The SMILES string of the molecule is O=C(Nc1ccc(I)cc1)N1CCC(Nc2ccccc2)C1. The van der Waals surface area contributed by atoms with Crippen LogP contribution in [0.25, 0.3) is 0 Å². The fourth-order valence-corrected chi connectivity index (χ4v) is 2.93. The predicted molar refractivity (Wildman–Crippen MR) is 98.2 cm³/mol. The van der Waals surface area contributed by atoms with Crippen LogP contribution in [0, 0.1) is 3.57 Å². The van der Waals surface area contributed by atoms with Crippen molar-refractivity contribution in [3.63, 3.8) is 0 Å². The van der Waals surface area contributed by atoms with Gasteiger partial charge in [0.2, 0.25) is 0 Å². The second kappa shape index (κ2) is 7.00. The fourth-order valence-electron chi connectivity index (χ4n) is 2.57. The highest BCUT2D eigenvalue weighted by molar-refractivity contribution is 14.1. The molecule has 1 aliphatic rings. The third-order valence-corrected chi connectivity index (χ3v) is 4.43. The van der Waals surface area contributed by atoms with Gasteiger partial charge in [-0.15, -0.1) is 0 Å². The number of halogens is 1. The van der Waals surface area contributed by atoms with Crippen molar-refractivity contribution in [2.24, 2.45) is 0 Å². The molecule has 2 aromatic carbocycles. The molecule has 0 aromatic heterocycles. The molecule has 0 spiro atoms. The first kappa shape index (κ1) is 15.1. The number of likely N-dealkylation sites (tertiary alicyclic amines) is 1. The van der Waals surface area contributed by atoms with E-state index in [9.17, 15) is 4.79 Å². The molecule has 114 valence electrons. The molecule has 1 saturated heterocycles. The van der Waals surface area contributed by atoms with Gasteiger partial charge >= 0.3 is 6.03 Å². The molecule has 3 rings (SSSR count). The Morgan fingerprint density at radius 2 is 1.77 bits per heavy atom. The van der Waals surface area contributed by atoms with E-state index in [1.807, 2.05) is 59.5 Å². The second-order valence-electron chi connectivity index (χ2n) is 5.38. The van der Waals surface area contributed by atoms with Crippen LogP contribution >= 0.6 is 22.6 Å². The van der Waals surface area contributed by atoms with E-state index in [4.69, 9.17) is 0 Å². The van der Waals surface area contributed by atoms with Crippen LogP contribution in [-0.2, 0) is 0 Å². The van der Waals surface area contributed by atoms with E-state index < -0.39 is 0 Å². The minimum Gasteiger partial charge on any atom is -0.380 e. The summed E-state index contributed by atoms with van der Waals surface area (Å²) in [5, 5.41) is 6.43. The predicted octanol–water partition coefficient (Wildman–Crippen LogP) is 4.01. The Morgan fingerprint density at radius 1 is 1.05 bits per heavy atom. The zero-order chi connectivity index (χ0) is 15.4. The molecule has 0 saturated carbocycles. The average molecular weight is 407 g/mol. The van der Waals surface area contributed by atoms with Gasteiger partial charge in [0.25, 0.3) is 0 Å². The molecular weight excluding hydrogens is 389 g/mol. The summed E-state index contributed by atoms with van der Waals surface area (Å²) >= 11 is 2.25. The van der Waals surface area contributed by atoms with Gasteiger partial charge in [-0.2, -0.15) is 0 Å². The van der Waals surface area contributed by atoms with Gasteiger partial charge in [-0.05, 0) is 65.4 Å². The number of benzene rings is 2. The molecule has 1 aliphatic heterocycles. The van der Waals surface area contributed by atoms with Crippen LogP contribution in [0.5, 0.6) is 0 Å². The van der Waals surface area contributed by atoms with E-state index in [1.54, 1.807) is 0 Å². The fraction of sp³-hybridized carbons (Fsp3) is 0.235. The van der Waals surface area contributed by atoms with Gasteiger partial charge in [-0.1, -0.05) is 18.2 Å². The summed E-state index contributed by atoms with van der Waals surface area (Å²) in [4.78, 5) is 14.1. The number of carbonyl (C=O) groups is 1. The number of urea groups is 1. The number of para-hydroxylation sites is 1. The highest BCUT2D eigenvalue weighted by Gasteiger charge is 2.26. The van der Waals surface area contributed by atoms with Crippen molar-refractivity contribution in [1.82, 2.24) is 4.90 Å². The van der Waals surface area contributed by atoms with Crippen LogP contribution in [-0.4, -0.2) is 30.1 Å². The van der Waals surface area contributed by atoms with Crippen LogP contribution < -0.4 is 10.6 Å². The lowest BCUT2D eigenvalue weighted by Gasteiger charge is -2.18. The minimum atomic E-state index is -0.0291. The summed E-state index contributed by atoms with van der Waals surface area (Å²) in [6.45, 7) is 1.51. The summed E-state index contributed by atoms with van der Waals surface area (Å²) in [5.74, 6) is 0. The van der Waals surface area contributed by atoms with Crippen LogP contribution in [0.4, 0.5) is 16.2 Å². The van der Waals surface area contributed by atoms with Gasteiger partial charge < -0.3 is 15.5 Å². The van der Waals surface area contributed by atoms with Gasteiger partial charge in [0.1, 0.15) is 0 Å². The Labute approximate surface area is 144 Å². The van der Waals surface area contributed by atoms with E-state index in [2.05, 4.69) is 33.2 Å². The van der Waals surface area contributed by atoms with Crippen molar-refractivity contribution in [3.8, 4) is 0 Å². The molecule has 1 fully saturated rings. The topological polar surface area (TPSA) is 44.4 Å². The quantitative estimate of drug-likeness (QED) is 0.756. The van der Waals surface area contributed by atoms with Crippen LogP contribution in [0.1, 0.15) is 6.42 Å². The monoisotopic (exact) mass is 407 g/mol. The molecule has 2 amide bonds. The summed E-state index contributed by atoms with van der Waals surface area (Å²) in [6.07, 6.45) is 0.967. The Kier molecular flexibility index (Phi) is 4.82. The second-order valence-corrected chi connectivity index (χ2v) is 6.62. The summed E-state index contributed by atoms with van der Waals surface area (Å²) < 4.78 is 1.16. The molecule has 1 atom stereocenters. The molecule has 4 nitrogen and oxygen atoms in total. The number of nitrogens with one attached hydrogen (secondary N) is 2. The van der Waals surface area contributed by atoms with E-state index in [0.717, 1.165) is 34.5 Å². The molecule has 0 bridgehead atoms. The summed E-state index contributed by atoms with van der Waals surface area (Å²) in [7, 11) is 0. The lowest BCUT2D eigenvalue weighted by Crippen LogP contribution is -2.34. The molecule has 1 heterocycles. The van der Waals surface area contributed by atoms with Crippen LogP contribution in [0.2, 0.25) is 0 Å². The molecule has 22 heavy (non-hydrogen) atoms. The molecular formula is C17H18IN3O. The van der Waals surface area contributed by atoms with Gasteiger partial charge in [0.05, 0.1) is 0 Å². The third kappa shape index (κ3) is 3.91. The summed E-state index contributed by atoms with van der Waals surface area (Å²) in [6, 6.07) is 18.2. The van der Waals surface area contributed by atoms with Gasteiger partial charge in [-0.3, -0.25) is 0 Å². The van der Waals surface area contributed by atoms with E-state index in [0.29, 0.717) is 6.04 Å². The summed E-state index contributed by atoms with van der Waals surface area (Å²) in [5.41, 5.74) is 1.94. The van der Waals surface area contributed by atoms with Gasteiger partial charge in [0, 0.05) is 34.1 Å². The molecule has 2 N–H and O–H groups in total. The maximum Gasteiger partial charge on any atom is 0.321 e. The molecule has 0 aliphatic carbocycles. The highest BCUT2D eigenvalue weighted by Crippen LogP contribution is 2.17. The maximum absolute atomic E-state index is 12.3. The first-order valence-corrected chi connectivity index (χ1v) is 8.42. The van der Waals surface area contributed by atoms with Crippen LogP contribution in [0.15, 0.2) is 54.6 Å². The van der Waals surface area contributed by atoms with Crippen molar-refractivity contribution < 1.29 is 4.79 Å². The first-order valence-electron chi connectivity index (χ1n) is 7.34. The smallest absolute Gasteiger partial charge is 0.321 e. The maximum atomic E-state index is 12.3. The number of anilines is 2. The molecule has 1 unspecified atom stereocenters. The zero-order valence-electron chi connectivity index (χ0n) is 12.1. The van der Waals surface area contributed by atoms with Crippen molar-refractivity contribution in [3.05, 3.63) is 58.2 Å². The normalized spacial score (nSPS) is 17.3. The average Bonchev–Trinajstić information content (AvgIpc) is 2.99. The number of hydrogen-bond donors (Lipinski definition) is 2. The minimum absolute atomic E-state index is 0.0291. The van der Waals surface area contributed by atoms with Gasteiger partial charge in [-0.25, -0.2) is 4.79 Å². The number of nitrogens with zero attached hydrogens (tertiary/aromatic N) is 1. The third-order valence-electron chi connectivity index (χ3n) is 3.72. The number of rotatable bonds is 3. The van der Waals surface area contributed by atoms with E-state index in [1.165, 1.54) is 0 Å².